The lowest BCUT2D eigenvalue weighted by molar-refractivity contribution is -0.131. The van der Waals surface area contributed by atoms with Crippen LogP contribution in [0.3, 0.4) is 0 Å². The highest BCUT2D eigenvalue weighted by atomic mass is 35.5. The van der Waals surface area contributed by atoms with E-state index in [0.29, 0.717) is 16.5 Å². The van der Waals surface area contributed by atoms with Gasteiger partial charge in [0.2, 0.25) is 0 Å². The van der Waals surface area contributed by atoms with E-state index in [0.717, 1.165) is 33.5 Å². The molecule has 30 heavy (non-hydrogen) atoms. The fraction of sp³-hybridized carbons (Fsp3) is 0. The maximum atomic E-state index is 10.7. The van der Waals surface area contributed by atoms with E-state index in [1.165, 1.54) is 6.08 Å². The number of fused-ring (bicyclic) bond motifs is 1. The van der Waals surface area contributed by atoms with Crippen molar-refractivity contribution in [2.45, 2.75) is 0 Å². The number of aliphatic carboxylic acids is 1. The molecular formula is C25H17ClO4. The fourth-order valence-electron chi connectivity index (χ4n) is 3.19. The van der Waals surface area contributed by atoms with Gasteiger partial charge >= 0.3 is 5.97 Å². The number of carboxylic acid groups (broad SMARTS) is 1. The van der Waals surface area contributed by atoms with E-state index in [4.69, 9.17) is 21.4 Å². The lowest BCUT2D eigenvalue weighted by Crippen LogP contribution is -1.91. The number of halogens is 1. The molecule has 4 aromatic carbocycles. The zero-order valence-corrected chi connectivity index (χ0v) is 16.5. The summed E-state index contributed by atoms with van der Waals surface area (Å²) in [5.74, 6) is 0.450. The Morgan fingerprint density at radius 3 is 2.33 bits per heavy atom. The number of benzene rings is 4. The molecule has 2 N–H and O–H groups in total. The molecule has 0 heterocycles. The van der Waals surface area contributed by atoms with Crippen LogP contribution in [0.25, 0.3) is 28.0 Å². The van der Waals surface area contributed by atoms with Gasteiger partial charge in [-0.3, -0.25) is 0 Å². The summed E-state index contributed by atoms with van der Waals surface area (Å²) in [5, 5.41) is 21.0. The summed E-state index contributed by atoms with van der Waals surface area (Å²) in [5.41, 5.74) is 2.59. The number of ether oxygens (including phenoxy) is 1. The Hall–Kier alpha value is -3.76. The number of phenols is 1. The van der Waals surface area contributed by atoms with Gasteiger partial charge in [-0.25, -0.2) is 4.79 Å². The van der Waals surface area contributed by atoms with Gasteiger partial charge in [0.05, 0.1) is 0 Å². The molecule has 0 aliphatic rings. The third kappa shape index (κ3) is 4.29. The van der Waals surface area contributed by atoms with Gasteiger partial charge in [0.25, 0.3) is 0 Å². The summed E-state index contributed by atoms with van der Waals surface area (Å²) in [6, 6.07) is 23.7. The van der Waals surface area contributed by atoms with E-state index in [2.05, 4.69) is 0 Å². The molecule has 4 rings (SSSR count). The molecule has 0 saturated heterocycles. The van der Waals surface area contributed by atoms with Crippen LogP contribution in [0.15, 0.2) is 84.9 Å². The summed E-state index contributed by atoms with van der Waals surface area (Å²) in [6.45, 7) is 0. The van der Waals surface area contributed by atoms with E-state index >= 15 is 0 Å². The summed E-state index contributed by atoms with van der Waals surface area (Å²) < 4.78 is 6.27. The summed E-state index contributed by atoms with van der Waals surface area (Å²) in [6.07, 6.45) is 2.61. The number of rotatable bonds is 5. The van der Waals surface area contributed by atoms with E-state index in [-0.39, 0.29) is 5.75 Å². The number of hydrogen-bond donors (Lipinski definition) is 2. The molecule has 4 aromatic rings. The second-order valence-corrected chi connectivity index (χ2v) is 7.13. The Labute approximate surface area is 178 Å². The van der Waals surface area contributed by atoms with E-state index < -0.39 is 5.97 Å². The predicted octanol–water partition coefficient (Wildman–Crippen LogP) is 6.76. The lowest BCUT2D eigenvalue weighted by Gasteiger charge is -2.15. The summed E-state index contributed by atoms with van der Waals surface area (Å²) in [4.78, 5) is 10.7. The minimum Gasteiger partial charge on any atom is -0.508 e. The zero-order valence-electron chi connectivity index (χ0n) is 15.7. The van der Waals surface area contributed by atoms with Gasteiger partial charge < -0.3 is 14.9 Å². The van der Waals surface area contributed by atoms with Crippen molar-refractivity contribution in [3.8, 4) is 28.4 Å². The van der Waals surface area contributed by atoms with Crippen LogP contribution in [0.1, 0.15) is 5.56 Å². The zero-order chi connectivity index (χ0) is 21.1. The lowest BCUT2D eigenvalue weighted by atomic mass is 9.99. The van der Waals surface area contributed by atoms with Gasteiger partial charge in [0.15, 0.2) is 0 Å². The smallest absolute Gasteiger partial charge is 0.328 e. The van der Waals surface area contributed by atoms with Crippen molar-refractivity contribution in [3.63, 3.8) is 0 Å². The fourth-order valence-corrected chi connectivity index (χ4v) is 3.31. The van der Waals surface area contributed by atoms with Crippen LogP contribution < -0.4 is 4.74 Å². The predicted molar refractivity (Wildman–Crippen MR) is 119 cm³/mol. The maximum absolute atomic E-state index is 10.7. The van der Waals surface area contributed by atoms with Gasteiger partial charge in [-0.05, 0) is 71.1 Å². The first-order chi connectivity index (χ1) is 14.5. The Morgan fingerprint density at radius 2 is 1.63 bits per heavy atom. The van der Waals surface area contributed by atoms with Crippen molar-refractivity contribution >= 4 is 34.4 Å². The molecule has 0 aliphatic carbocycles. The Kier molecular flexibility index (Phi) is 5.42. The molecule has 0 aromatic heterocycles. The van der Waals surface area contributed by atoms with Crippen molar-refractivity contribution in [1.82, 2.24) is 0 Å². The van der Waals surface area contributed by atoms with Crippen LogP contribution in [-0.2, 0) is 4.79 Å². The average molecular weight is 417 g/mol. The highest BCUT2D eigenvalue weighted by Gasteiger charge is 2.13. The van der Waals surface area contributed by atoms with Gasteiger partial charge in [-0.1, -0.05) is 41.9 Å². The van der Waals surface area contributed by atoms with Crippen molar-refractivity contribution in [3.05, 3.63) is 95.5 Å². The molecule has 0 radical (unpaired) electrons. The number of phenolic OH excluding ortho intramolecular Hbond substituents is 1. The number of carbonyl (C=O) groups is 1. The first kappa shape index (κ1) is 19.6. The van der Waals surface area contributed by atoms with Crippen LogP contribution in [-0.4, -0.2) is 16.2 Å². The first-order valence-electron chi connectivity index (χ1n) is 9.20. The van der Waals surface area contributed by atoms with Crippen molar-refractivity contribution in [1.29, 1.82) is 0 Å². The van der Waals surface area contributed by atoms with Crippen LogP contribution in [0.4, 0.5) is 0 Å². The van der Waals surface area contributed by atoms with Crippen LogP contribution in [0.5, 0.6) is 17.2 Å². The molecular weight excluding hydrogens is 400 g/mol. The number of aromatic hydroxyl groups is 1. The van der Waals surface area contributed by atoms with Gasteiger partial charge in [0.1, 0.15) is 17.2 Å². The Balaban J connectivity index is 1.78. The third-order valence-electron chi connectivity index (χ3n) is 4.63. The maximum Gasteiger partial charge on any atom is 0.328 e. The van der Waals surface area contributed by atoms with Crippen molar-refractivity contribution in [2.24, 2.45) is 0 Å². The highest BCUT2D eigenvalue weighted by molar-refractivity contribution is 6.30. The van der Waals surface area contributed by atoms with Crippen LogP contribution in [0, 0.1) is 0 Å². The van der Waals surface area contributed by atoms with Crippen LogP contribution >= 0.6 is 11.6 Å². The first-order valence-corrected chi connectivity index (χ1v) is 9.58. The Morgan fingerprint density at radius 1 is 0.900 bits per heavy atom. The normalized spacial score (nSPS) is 11.1. The van der Waals surface area contributed by atoms with E-state index in [9.17, 15) is 9.90 Å². The standard InChI is InChI=1S/C25H17ClO4/c26-19-7-4-17(5-8-19)22-12-6-18-15-20(27)9-13-23(18)25(22)30-21-10-1-16(2-11-21)3-14-24(28)29/h1-15,27H,(H,28,29)/b14-3+. The van der Waals surface area contributed by atoms with Gasteiger partial charge in [0, 0.05) is 22.0 Å². The van der Waals surface area contributed by atoms with Crippen LogP contribution in [0.2, 0.25) is 5.02 Å². The van der Waals surface area contributed by atoms with E-state index in [1.807, 2.05) is 42.5 Å². The molecule has 4 nitrogen and oxygen atoms in total. The molecule has 5 heteroatoms. The summed E-state index contributed by atoms with van der Waals surface area (Å²) in [7, 11) is 0. The quantitative estimate of drug-likeness (QED) is 0.353. The van der Waals surface area contributed by atoms with Crippen molar-refractivity contribution in [2.75, 3.05) is 0 Å². The molecule has 0 spiro atoms. The number of hydrogen-bond acceptors (Lipinski definition) is 3. The molecule has 0 amide bonds. The molecule has 0 bridgehead atoms. The van der Waals surface area contributed by atoms with E-state index in [1.54, 1.807) is 36.4 Å². The molecule has 0 unspecified atom stereocenters. The monoisotopic (exact) mass is 416 g/mol. The minimum absolute atomic E-state index is 0.183. The SMILES string of the molecule is O=C(O)/C=C/c1ccc(Oc2c(-c3ccc(Cl)cc3)ccc3cc(O)ccc23)cc1. The van der Waals surface area contributed by atoms with Gasteiger partial charge in [-0.2, -0.15) is 0 Å². The van der Waals surface area contributed by atoms with Gasteiger partial charge in [-0.15, -0.1) is 0 Å². The minimum atomic E-state index is -0.998. The largest absolute Gasteiger partial charge is 0.508 e. The second kappa shape index (κ2) is 8.31. The summed E-state index contributed by atoms with van der Waals surface area (Å²) >= 11 is 6.04. The number of carboxylic acids is 1. The van der Waals surface area contributed by atoms with Crippen molar-refractivity contribution < 1.29 is 19.7 Å². The highest BCUT2D eigenvalue weighted by Crippen LogP contribution is 2.40. The molecule has 0 aliphatic heterocycles. The Bertz CT molecular complexity index is 1240. The molecule has 148 valence electrons. The second-order valence-electron chi connectivity index (χ2n) is 6.70. The molecule has 0 atom stereocenters. The molecule has 0 saturated carbocycles. The molecule has 0 fully saturated rings. The third-order valence-corrected chi connectivity index (χ3v) is 4.88. The topological polar surface area (TPSA) is 66.8 Å². The average Bonchev–Trinajstić information content (AvgIpc) is 2.74.